The molecule has 4 nitrogen and oxygen atoms in total. The van der Waals surface area contributed by atoms with Crippen molar-refractivity contribution in [3.8, 4) is 11.5 Å². The lowest BCUT2D eigenvalue weighted by Crippen LogP contribution is -2.37. The van der Waals surface area contributed by atoms with Gasteiger partial charge < -0.3 is 14.8 Å². The maximum absolute atomic E-state index is 12.3. The van der Waals surface area contributed by atoms with Gasteiger partial charge in [-0.05, 0) is 44.5 Å². The molecule has 2 atom stereocenters. The van der Waals surface area contributed by atoms with Gasteiger partial charge in [-0.3, -0.25) is 4.79 Å². The van der Waals surface area contributed by atoms with Crippen LogP contribution in [-0.4, -0.2) is 19.1 Å². The molecule has 0 bridgehead atoms. The Balaban J connectivity index is 2.00. The highest BCUT2D eigenvalue weighted by Crippen LogP contribution is 2.24. The first-order valence-electron chi connectivity index (χ1n) is 7.68. The number of methoxy groups -OCH3 is 1. The second-order valence-electron chi connectivity index (χ2n) is 5.55. The number of para-hydroxylation sites is 1. The summed E-state index contributed by atoms with van der Waals surface area (Å²) in [4.78, 5) is 12.3. The summed E-state index contributed by atoms with van der Waals surface area (Å²) in [6, 6.07) is 15.1. The minimum absolute atomic E-state index is 0.162. The quantitative estimate of drug-likeness (QED) is 0.885. The highest BCUT2D eigenvalue weighted by atomic mass is 16.5. The summed E-state index contributed by atoms with van der Waals surface area (Å²) in [7, 11) is 1.62. The maximum Gasteiger partial charge on any atom is 0.261 e. The van der Waals surface area contributed by atoms with E-state index in [0.717, 1.165) is 16.9 Å². The zero-order valence-corrected chi connectivity index (χ0v) is 14.0. The van der Waals surface area contributed by atoms with E-state index in [4.69, 9.17) is 9.47 Å². The third kappa shape index (κ3) is 4.49. The molecule has 23 heavy (non-hydrogen) atoms. The van der Waals surface area contributed by atoms with E-state index in [2.05, 4.69) is 5.32 Å². The summed E-state index contributed by atoms with van der Waals surface area (Å²) in [5.41, 5.74) is 2.03. The minimum atomic E-state index is -0.575. The minimum Gasteiger partial charge on any atom is -0.496 e. The third-order valence-corrected chi connectivity index (χ3v) is 3.64. The van der Waals surface area contributed by atoms with Gasteiger partial charge in [-0.1, -0.05) is 30.3 Å². The summed E-state index contributed by atoms with van der Waals surface area (Å²) in [5.74, 6) is 1.29. The number of ether oxygens (including phenoxy) is 2. The highest BCUT2D eigenvalue weighted by Gasteiger charge is 2.19. The molecule has 2 aromatic carbocycles. The molecule has 4 heteroatoms. The molecule has 0 saturated carbocycles. The van der Waals surface area contributed by atoms with Crippen LogP contribution in [0.3, 0.4) is 0 Å². The van der Waals surface area contributed by atoms with Gasteiger partial charge in [-0.2, -0.15) is 0 Å². The lowest BCUT2D eigenvalue weighted by molar-refractivity contribution is -0.127. The van der Waals surface area contributed by atoms with E-state index in [1.54, 1.807) is 14.0 Å². The average molecular weight is 313 g/mol. The van der Waals surface area contributed by atoms with Crippen LogP contribution in [0, 0.1) is 6.92 Å². The van der Waals surface area contributed by atoms with Crippen molar-refractivity contribution < 1.29 is 14.3 Å². The van der Waals surface area contributed by atoms with Gasteiger partial charge in [-0.25, -0.2) is 0 Å². The van der Waals surface area contributed by atoms with Crippen LogP contribution in [0.1, 0.15) is 31.0 Å². The molecular weight excluding hydrogens is 290 g/mol. The van der Waals surface area contributed by atoms with Gasteiger partial charge in [0.1, 0.15) is 11.5 Å². The summed E-state index contributed by atoms with van der Waals surface area (Å²) in [6.45, 7) is 5.66. The third-order valence-electron chi connectivity index (χ3n) is 3.64. The number of carbonyl (C=O) groups excluding carboxylic acids is 1. The van der Waals surface area contributed by atoms with E-state index in [1.807, 2.05) is 62.4 Å². The summed E-state index contributed by atoms with van der Waals surface area (Å²) < 4.78 is 11.0. The van der Waals surface area contributed by atoms with Gasteiger partial charge >= 0.3 is 0 Å². The van der Waals surface area contributed by atoms with Crippen molar-refractivity contribution in [1.29, 1.82) is 0 Å². The topological polar surface area (TPSA) is 47.6 Å². The Kier molecular flexibility index (Phi) is 5.63. The Morgan fingerprint density at radius 2 is 1.83 bits per heavy atom. The number of aryl methyl sites for hydroxylation is 1. The van der Waals surface area contributed by atoms with E-state index < -0.39 is 6.10 Å². The number of carbonyl (C=O) groups is 1. The van der Waals surface area contributed by atoms with Crippen molar-refractivity contribution in [2.24, 2.45) is 0 Å². The van der Waals surface area contributed by atoms with Gasteiger partial charge in [0.2, 0.25) is 0 Å². The molecule has 0 aliphatic rings. The molecule has 2 aromatic rings. The Hall–Kier alpha value is -2.49. The van der Waals surface area contributed by atoms with Gasteiger partial charge in [0, 0.05) is 5.56 Å². The molecule has 2 rings (SSSR count). The first kappa shape index (κ1) is 16.9. The number of hydrogen-bond donors (Lipinski definition) is 1. The van der Waals surface area contributed by atoms with E-state index in [9.17, 15) is 4.79 Å². The summed E-state index contributed by atoms with van der Waals surface area (Å²) in [6.07, 6.45) is -0.575. The van der Waals surface area contributed by atoms with Crippen LogP contribution in [0.4, 0.5) is 0 Å². The van der Waals surface area contributed by atoms with E-state index in [1.165, 1.54) is 0 Å². The zero-order valence-electron chi connectivity index (χ0n) is 14.0. The zero-order chi connectivity index (χ0) is 16.8. The molecule has 0 aromatic heterocycles. The molecule has 0 aliphatic heterocycles. The Morgan fingerprint density at radius 3 is 2.52 bits per heavy atom. The predicted octanol–water partition coefficient (Wildman–Crippen LogP) is 3.65. The molecule has 0 saturated heterocycles. The van der Waals surface area contributed by atoms with Crippen molar-refractivity contribution >= 4 is 5.91 Å². The first-order chi connectivity index (χ1) is 11.0. The van der Waals surface area contributed by atoms with Crippen molar-refractivity contribution in [3.05, 3.63) is 59.7 Å². The number of nitrogens with one attached hydrogen (secondary N) is 1. The monoisotopic (exact) mass is 313 g/mol. The SMILES string of the molecule is COc1ccccc1[C@@H](C)NC(=O)[C@H](C)Oc1cccc(C)c1. The molecule has 0 spiro atoms. The number of benzene rings is 2. The van der Waals surface area contributed by atoms with Crippen molar-refractivity contribution in [1.82, 2.24) is 5.32 Å². The van der Waals surface area contributed by atoms with Crippen molar-refractivity contribution in [2.45, 2.75) is 32.9 Å². The largest absolute Gasteiger partial charge is 0.496 e. The fourth-order valence-electron chi connectivity index (χ4n) is 2.38. The molecule has 0 radical (unpaired) electrons. The lowest BCUT2D eigenvalue weighted by Gasteiger charge is -2.20. The molecule has 1 amide bonds. The first-order valence-corrected chi connectivity index (χ1v) is 7.68. The van der Waals surface area contributed by atoms with Crippen LogP contribution in [0.5, 0.6) is 11.5 Å². The second kappa shape index (κ2) is 7.68. The number of rotatable bonds is 6. The fraction of sp³-hybridized carbons (Fsp3) is 0.316. The molecule has 0 unspecified atom stereocenters. The standard InChI is InChI=1S/C19H23NO3/c1-13-8-7-9-16(12-13)23-15(3)19(21)20-14(2)17-10-5-6-11-18(17)22-4/h5-12,14-15H,1-4H3,(H,20,21)/t14-,15+/m1/s1. The van der Waals surface area contributed by atoms with E-state index >= 15 is 0 Å². The van der Waals surface area contributed by atoms with Gasteiger partial charge in [-0.15, -0.1) is 0 Å². The Morgan fingerprint density at radius 1 is 1.09 bits per heavy atom. The van der Waals surface area contributed by atoms with Crippen LogP contribution in [0.15, 0.2) is 48.5 Å². The molecule has 1 N–H and O–H groups in total. The molecule has 122 valence electrons. The van der Waals surface area contributed by atoms with Crippen LogP contribution in [0.2, 0.25) is 0 Å². The molecule has 0 heterocycles. The van der Waals surface area contributed by atoms with E-state index in [-0.39, 0.29) is 11.9 Å². The normalized spacial score (nSPS) is 13.0. The van der Waals surface area contributed by atoms with Gasteiger partial charge in [0.05, 0.1) is 13.2 Å². The summed E-state index contributed by atoms with van der Waals surface area (Å²) >= 11 is 0. The number of amides is 1. The Labute approximate surface area is 137 Å². The van der Waals surface area contributed by atoms with Crippen molar-refractivity contribution in [3.63, 3.8) is 0 Å². The lowest BCUT2D eigenvalue weighted by atomic mass is 10.1. The van der Waals surface area contributed by atoms with Gasteiger partial charge in [0.15, 0.2) is 6.10 Å². The smallest absolute Gasteiger partial charge is 0.261 e. The van der Waals surface area contributed by atoms with Crippen LogP contribution in [0.25, 0.3) is 0 Å². The van der Waals surface area contributed by atoms with Crippen LogP contribution < -0.4 is 14.8 Å². The molecule has 0 fully saturated rings. The second-order valence-corrected chi connectivity index (χ2v) is 5.55. The average Bonchev–Trinajstić information content (AvgIpc) is 2.54. The van der Waals surface area contributed by atoms with E-state index in [0.29, 0.717) is 5.75 Å². The molecular formula is C19H23NO3. The Bertz CT molecular complexity index is 669. The maximum atomic E-state index is 12.3. The van der Waals surface area contributed by atoms with Crippen molar-refractivity contribution in [2.75, 3.05) is 7.11 Å². The van der Waals surface area contributed by atoms with Crippen LogP contribution in [-0.2, 0) is 4.79 Å². The van der Waals surface area contributed by atoms with Gasteiger partial charge in [0.25, 0.3) is 5.91 Å². The predicted molar refractivity (Wildman–Crippen MR) is 90.8 cm³/mol. The van der Waals surface area contributed by atoms with Crippen LogP contribution >= 0.6 is 0 Å². The number of hydrogen-bond acceptors (Lipinski definition) is 3. The fourth-order valence-corrected chi connectivity index (χ4v) is 2.38. The summed E-state index contributed by atoms with van der Waals surface area (Å²) in [5, 5.41) is 2.96. The highest BCUT2D eigenvalue weighted by molar-refractivity contribution is 5.81. The molecule has 0 aliphatic carbocycles.